The summed E-state index contributed by atoms with van der Waals surface area (Å²) in [5.41, 5.74) is 1.59. The van der Waals surface area contributed by atoms with Crippen LogP contribution in [0.1, 0.15) is 116 Å². The molecule has 0 amide bonds. The fourth-order valence-electron chi connectivity index (χ4n) is 4.81. The Kier molecular flexibility index (Phi) is 24.9. The molecule has 0 aromatic heterocycles. The zero-order valence-corrected chi connectivity index (χ0v) is 25.7. The summed E-state index contributed by atoms with van der Waals surface area (Å²) in [4.78, 5) is 30.9. The minimum Gasteiger partial charge on any atom is -0.466 e. The normalized spacial score (nSPS) is 17.8. The van der Waals surface area contributed by atoms with Gasteiger partial charge in [0.2, 0.25) is 0 Å². The second-order valence-corrected chi connectivity index (χ2v) is 9.74. The van der Waals surface area contributed by atoms with Crippen molar-refractivity contribution in [3.63, 3.8) is 0 Å². The lowest BCUT2D eigenvalue weighted by Crippen LogP contribution is -2.53. The number of carbonyl (C=O) groups is 3. The Morgan fingerprint density at radius 3 is 2.23 bits per heavy atom. The second-order valence-electron chi connectivity index (χ2n) is 9.74. The summed E-state index contributed by atoms with van der Waals surface area (Å²) < 4.78 is 19.4. The third-order valence-corrected chi connectivity index (χ3v) is 6.64. The molecule has 0 bridgehead atoms. The van der Waals surface area contributed by atoms with Crippen LogP contribution >= 0.6 is 0 Å². The number of hydrogen-bond acceptors (Lipinski definition) is 7. The monoisotopic (exact) mass is 563 g/mol. The van der Waals surface area contributed by atoms with Gasteiger partial charge in [-0.2, -0.15) is 0 Å². The molecule has 3 unspecified atom stereocenters. The lowest BCUT2D eigenvalue weighted by atomic mass is 9.83. The highest BCUT2D eigenvalue weighted by Gasteiger charge is 2.34. The van der Waals surface area contributed by atoms with Crippen LogP contribution in [-0.2, 0) is 19.1 Å². The smallest absolute Gasteiger partial charge is 0.302 e. The van der Waals surface area contributed by atoms with Crippen LogP contribution in [0.15, 0.2) is 29.3 Å². The Labute approximate surface area is 242 Å². The molecule has 0 aliphatic carbocycles. The number of allylic oxidation sites excluding steroid dienone is 1. The van der Waals surface area contributed by atoms with Crippen LogP contribution in [0.5, 0.6) is 0 Å². The van der Waals surface area contributed by atoms with Gasteiger partial charge in [-0.15, -0.1) is 0 Å². The minimum absolute atomic E-state index is 0.114. The van der Waals surface area contributed by atoms with Gasteiger partial charge in [0.15, 0.2) is 0 Å². The number of benzene rings is 1. The van der Waals surface area contributed by atoms with Gasteiger partial charge in [-0.05, 0) is 56.6 Å². The predicted molar refractivity (Wildman–Crippen MR) is 165 cm³/mol. The first-order valence-corrected chi connectivity index (χ1v) is 14.5. The van der Waals surface area contributed by atoms with E-state index in [2.05, 4.69) is 37.4 Å². The maximum absolute atomic E-state index is 14.7. The molecule has 0 spiro atoms. The molecule has 7 nitrogen and oxygen atoms in total. The predicted octanol–water partition coefficient (Wildman–Crippen LogP) is 7.28. The van der Waals surface area contributed by atoms with Crippen molar-refractivity contribution in [2.75, 3.05) is 6.61 Å². The van der Waals surface area contributed by atoms with E-state index in [0.29, 0.717) is 24.1 Å². The first kappa shape index (κ1) is 39.4. The molecule has 8 heteroatoms. The summed E-state index contributed by atoms with van der Waals surface area (Å²) in [6.07, 6.45) is 15.4. The van der Waals surface area contributed by atoms with Gasteiger partial charge in [-0.3, -0.25) is 15.6 Å². The quantitative estimate of drug-likeness (QED) is 0.117. The summed E-state index contributed by atoms with van der Waals surface area (Å²) in [5.74, 6) is 6.68. The van der Waals surface area contributed by atoms with Crippen molar-refractivity contribution >= 4 is 31.8 Å². The molecule has 1 aliphatic rings. The van der Waals surface area contributed by atoms with E-state index < -0.39 is 0 Å². The zero-order valence-electron chi connectivity index (χ0n) is 25.7. The van der Waals surface area contributed by atoms with Gasteiger partial charge in [0.1, 0.15) is 19.4 Å². The van der Waals surface area contributed by atoms with Gasteiger partial charge in [0, 0.05) is 24.7 Å². The zero-order chi connectivity index (χ0) is 30.9. The second kappa shape index (κ2) is 25.3. The molecule has 0 radical (unpaired) electrons. The molecular formula is C32H54FN3O4. The van der Waals surface area contributed by atoms with Crippen LogP contribution in [0, 0.1) is 11.7 Å². The van der Waals surface area contributed by atoms with Crippen LogP contribution in [0.3, 0.4) is 0 Å². The van der Waals surface area contributed by atoms with Crippen molar-refractivity contribution in [2.45, 2.75) is 117 Å². The van der Waals surface area contributed by atoms with Gasteiger partial charge in [0.05, 0.1) is 18.7 Å². The Balaban J connectivity index is 0. The van der Waals surface area contributed by atoms with E-state index in [0.717, 1.165) is 63.4 Å². The third kappa shape index (κ3) is 15.2. The molecule has 228 valence electrons. The first-order valence-electron chi connectivity index (χ1n) is 14.5. The molecule has 2 N–H and O–H groups in total. The van der Waals surface area contributed by atoms with Crippen molar-refractivity contribution < 1.29 is 23.5 Å². The molecule has 1 aliphatic heterocycles. The van der Waals surface area contributed by atoms with Crippen LogP contribution in [0.2, 0.25) is 0 Å². The number of halogens is 1. The summed E-state index contributed by atoms with van der Waals surface area (Å²) in [7, 11) is 0. The first-order chi connectivity index (χ1) is 19.3. The molecule has 3 atom stereocenters. The molecule has 1 aromatic carbocycles. The molecule has 2 rings (SSSR count). The number of carbonyl (C=O) groups excluding carboxylic acids is 3. The third-order valence-electron chi connectivity index (χ3n) is 6.64. The SMILES string of the molecule is C=O.C=O.CC=Cc1ccc(C2CC(CCC)C(N(N)C(CCC)CCC)C=N2)c(F)c1.CCCCOC(C)=O. The molecule has 0 fully saturated rings. The van der Waals surface area contributed by atoms with Crippen molar-refractivity contribution in [1.82, 2.24) is 5.01 Å². The average molecular weight is 564 g/mol. The highest BCUT2D eigenvalue weighted by molar-refractivity contribution is 5.67. The van der Waals surface area contributed by atoms with Gasteiger partial charge in [-0.1, -0.05) is 77.7 Å². The lowest BCUT2D eigenvalue weighted by molar-refractivity contribution is -0.141. The molecule has 0 saturated heterocycles. The van der Waals surface area contributed by atoms with E-state index in [4.69, 9.17) is 20.4 Å². The fourth-order valence-corrected chi connectivity index (χ4v) is 4.81. The van der Waals surface area contributed by atoms with Crippen molar-refractivity contribution in [2.24, 2.45) is 16.8 Å². The van der Waals surface area contributed by atoms with E-state index >= 15 is 0 Å². The summed E-state index contributed by atoms with van der Waals surface area (Å²) >= 11 is 0. The Morgan fingerprint density at radius 2 is 1.75 bits per heavy atom. The number of hydrazine groups is 1. The number of hydrogen-bond donors (Lipinski definition) is 1. The van der Waals surface area contributed by atoms with Crippen LogP contribution < -0.4 is 5.84 Å². The Morgan fingerprint density at radius 1 is 1.12 bits per heavy atom. The molecular weight excluding hydrogens is 509 g/mol. The van der Waals surface area contributed by atoms with Crippen LogP contribution in [-0.4, -0.2) is 49.5 Å². The topological polar surface area (TPSA) is 102 Å². The van der Waals surface area contributed by atoms with Gasteiger partial charge < -0.3 is 14.3 Å². The number of ether oxygens (including phenoxy) is 1. The van der Waals surface area contributed by atoms with E-state index in [9.17, 15) is 9.18 Å². The summed E-state index contributed by atoms with van der Waals surface area (Å²) in [5, 5.41) is 2.05. The highest BCUT2D eigenvalue weighted by Crippen LogP contribution is 2.36. The van der Waals surface area contributed by atoms with Crippen LogP contribution in [0.25, 0.3) is 6.08 Å². The molecule has 1 heterocycles. The van der Waals surface area contributed by atoms with Crippen molar-refractivity contribution in [3.8, 4) is 0 Å². The van der Waals surface area contributed by atoms with Crippen LogP contribution in [0.4, 0.5) is 4.39 Å². The lowest BCUT2D eigenvalue weighted by Gasteiger charge is -2.40. The van der Waals surface area contributed by atoms with Gasteiger partial charge in [0.25, 0.3) is 0 Å². The van der Waals surface area contributed by atoms with E-state index in [1.807, 2.05) is 51.0 Å². The molecule has 1 aromatic rings. The Hall–Kier alpha value is -2.71. The highest BCUT2D eigenvalue weighted by atomic mass is 19.1. The summed E-state index contributed by atoms with van der Waals surface area (Å²) in [6, 6.07) is 5.90. The van der Waals surface area contributed by atoms with E-state index in [-0.39, 0.29) is 23.9 Å². The number of unbranched alkanes of at least 4 members (excludes halogenated alkanes) is 1. The number of nitrogens with two attached hydrogens (primary N) is 1. The number of esters is 1. The largest absolute Gasteiger partial charge is 0.466 e. The number of rotatable bonds is 13. The van der Waals surface area contributed by atoms with Gasteiger partial charge in [-0.25, -0.2) is 9.40 Å². The van der Waals surface area contributed by atoms with E-state index in [1.165, 1.54) is 6.92 Å². The number of aliphatic imine (C=N–C) groups is 1. The average Bonchev–Trinajstić information content (AvgIpc) is 2.95. The maximum Gasteiger partial charge on any atom is 0.302 e. The van der Waals surface area contributed by atoms with Crippen molar-refractivity contribution in [1.29, 1.82) is 0 Å². The fraction of sp³-hybridized carbons (Fsp3) is 0.625. The Bertz CT molecular complexity index is 841. The van der Waals surface area contributed by atoms with E-state index in [1.54, 1.807) is 6.07 Å². The standard InChI is InChI=1S/C24H38FN3.C6H12O2.2CH2O/c1-5-9-18-13-14-21(22(25)15-18)23-16-19(10-6-2)24(17-27-23)28(26)20(11-7-3)12-8-4;1-3-4-5-8-6(2)7;2*1-2/h5,9,13-15,17,19-20,23-24H,6-8,10-12,16,26H2,1-4H3;3-5H2,1-2H3;2*1H2. The van der Waals surface area contributed by atoms with Crippen molar-refractivity contribution in [3.05, 3.63) is 41.2 Å². The molecule has 40 heavy (non-hydrogen) atoms. The maximum atomic E-state index is 14.7. The molecule has 0 saturated carbocycles. The minimum atomic E-state index is -0.182. The van der Waals surface area contributed by atoms with Gasteiger partial charge >= 0.3 is 5.97 Å². The number of nitrogens with zero attached hydrogens (tertiary/aromatic N) is 2. The summed E-state index contributed by atoms with van der Waals surface area (Å²) in [6.45, 7) is 16.6.